The van der Waals surface area contributed by atoms with Gasteiger partial charge in [0, 0.05) is 4.88 Å². The molecule has 19 heavy (non-hydrogen) atoms. The quantitative estimate of drug-likeness (QED) is 0.414. The fourth-order valence-electron chi connectivity index (χ4n) is 1.66. The number of rotatable bonds is 4. The number of thioether (sulfide) groups is 1. The summed E-state index contributed by atoms with van der Waals surface area (Å²) < 4.78 is 1.06. The molecule has 3 nitrogen and oxygen atoms in total. The molecule has 0 aliphatic rings. The maximum absolute atomic E-state index is 12.1. The van der Waals surface area contributed by atoms with Crippen molar-refractivity contribution in [1.29, 1.82) is 0 Å². The van der Waals surface area contributed by atoms with E-state index in [1.165, 1.54) is 11.8 Å². The molecule has 0 radical (unpaired) electrons. The summed E-state index contributed by atoms with van der Waals surface area (Å²) in [6.45, 7) is 2.01. The zero-order valence-corrected chi connectivity index (χ0v) is 12.6. The molecule has 0 saturated carbocycles. The number of carbonyl (C=O) groups is 1. The number of thiophene rings is 2. The molecule has 0 fully saturated rings. The third kappa shape index (κ3) is 2.70. The summed E-state index contributed by atoms with van der Waals surface area (Å²) in [6.07, 6.45) is 1.55. The summed E-state index contributed by atoms with van der Waals surface area (Å²) in [6, 6.07) is 5.84. The summed E-state index contributed by atoms with van der Waals surface area (Å²) in [5.41, 5.74) is 0.946. The predicted molar refractivity (Wildman–Crippen MR) is 81.5 cm³/mol. The van der Waals surface area contributed by atoms with Gasteiger partial charge in [-0.25, -0.2) is 9.97 Å². The highest BCUT2D eigenvalue weighted by molar-refractivity contribution is 8.00. The van der Waals surface area contributed by atoms with E-state index in [1.807, 2.05) is 30.5 Å². The molecule has 6 heteroatoms. The van der Waals surface area contributed by atoms with E-state index in [0.717, 1.165) is 25.0 Å². The van der Waals surface area contributed by atoms with Gasteiger partial charge < -0.3 is 0 Å². The summed E-state index contributed by atoms with van der Waals surface area (Å²) in [5.74, 6) is 0.579. The molecule has 0 unspecified atom stereocenters. The Labute approximate surface area is 122 Å². The third-order valence-corrected chi connectivity index (χ3v) is 5.64. The molecule has 0 bridgehead atoms. The first kappa shape index (κ1) is 12.8. The molecule has 0 aliphatic heterocycles. The average Bonchev–Trinajstić information content (AvgIpc) is 3.04. The van der Waals surface area contributed by atoms with Crippen molar-refractivity contribution in [3.63, 3.8) is 0 Å². The van der Waals surface area contributed by atoms with Gasteiger partial charge in [-0.05, 0) is 30.5 Å². The molecule has 0 saturated heterocycles. The summed E-state index contributed by atoms with van der Waals surface area (Å²) in [4.78, 5) is 22.5. The minimum Gasteiger partial charge on any atom is -0.292 e. The number of aromatic nitrogens is 2. The first-order valence-corrected chi connectivity index (χ1v) is 8.33. The summed E-state index contributed by atoms with van der Waals surface area (Å²) >= 11 is 4.64. The predicted octanol–water partition coefficient (Wildman–Crippen LogP) is 4.04. The van der Waals surface area contributed by atoms with Gasteiger partial charge in [0.1, 0.15) is 11.4 Å². The SMILES string of the molecule is Cc1ccc(C(=O)CSc2ncnc3ccsc23)s1. The van der Waals surface area contributed by atoms with Crippen LogP contribution < -0.4 is 0 Å². The van der Waals surface area contributed by atoms with Crippen molar-refractivity contribution in [2.45, 2.75) is 11.9 Å². The zero-order valence-electron chi connectivity index (χ0n) is 10.1. The van der Waals surface area contributed by atoms with Crippen LogP contribution >= 0.6 is 34.4 Å². The van der Waals surface area contributed by atoms with Crippen molar-refractivity contribution in [3.8, 4) is 0 Å². The number of ketones is 1. The van der Waals surface area contributed by atoms with E-state index >= 15 is 0 Å². The Bertz CT molecular complexity index is 732. The molecule has 0 aromatic carbocycles. The van der Waals surface area contributed by atoms with E-state index in [2.05, 4.69) is 9.97 Å². The van der Waals surface area contributed by atoms with Crippen LogP contribution in [0.4, 0.5) is 0 Å². The topological polar surface area (TPSA) is 42.9 Å². The molecule has 3 aromatic rings. The lowest BCUT2D eigenvalue weighted by atomic mass is 10.3. The van der Waals surface area contributed by atoms with Gasteiger partial charge in [-0.1, -0.05) is 11.8 Å². The van der Waals surface area contributed by atoms with Crippen molar-refractivity contribution in [1.82, 2.24) is 9.97 Å². The molecular formula is C13H10N2OS3. The van der Waals surface area contributed by atoms with Crippen LogP contribution in [0.3, 0.4) is 0 Å². The van der Waals surface area contributed by atoms with Crippen LogP contribution in [0, 0.1) is 6.92 Å². The van der Waals surface area contributed by atoms with Crippen LogP contribution in [0.25, 0.3) is 10.2 Å². The second-order valence-corrected chi connectivity index (χ2v) is 7.10. The van der Waals surface area contributed by atoms with Crippen molar-refractivity contribution in [2.75, 3.05) is 5.75 Å². The normalized spacial score (nSPS) is 11.0. The summed E-state index contributed by atoms with van der Waals surface area (Å²) in [5, 5.41) is 2.88. The Morgan fingerprint density at radius 3 is 3.00 bits per heavy atom. The van der Waals surface area contributed by atoms with Crippen LogP contribution in [0.15, 0.2) is 34.9 Å². The van der Waals surface area contributed by atoms with E-state index in [0.29, 0.717) is 5.75 Å². The van der Waals surface area contributed by atoms with Gasteiger partial charge in [-0.2, -0.15) is 0 Å². The number of carbonyl (C=O) groups excluding carboxylic acids is 1. The highest BCUT2D eigenvalue weighted by atomic mass is 32.2. The zero-order chi connectivity index (χ0) is 13.2. The maximum Gasteiger partial charge on any atom is 0.183 e. The molecule has 0 amide bonds. The molecule has 0 atom stereocenters. The minimum absolute atomic E-state index is 0.159. The van der Waals surface area contributed by atoms with Gasteiger partial charge in [0.05, 0.1) is 20.8 Å². The van der Waals surface area contributed by atoms with Gasteiger partial charge in [0.2, 0.25) is 0 Å². The van der Waals surface area contributed by atoms with E-state index in [-0.39, 0.29) is 5.78 Å². The molecule has 0 aliphatic carbocycles. The van der Waals surface area contributed by atoms with E-state index in [4.69, 9.17) is 0 Å². The van der Waals surface area contributed by atoms with Gasteiger partial charge in [-0.3, -0.25) is 4.79 Å². The molecule has 0 spiro atoms. The Balaban J connectivity index is 1.76. The Morgan fingerprint density at radius 1 is 1.32 bits per heavy atom. The summed E-state index contributed by atoms with van der Waals surface area (Å²) in [7, 11) is 0. The van der Waals surface area contributed by atoms with Crippen LogP contribution in [-0.2, 0) is 0 Å². The number of Topliss-reactive ketones (excluding diaryl/α,β-unsaturated/α-hetero) is 1. The first-order chi connectivity index (χ1) is 9.24. The van der Waals surface area contributed by atoms with E-state index in [9.17, 15) is 4.79 Å². The van der Waals surface area contributed by atoms with Crippen molar-refractivity contribution in [3.05, 3.63) is 39.7 Å². The molecule has 3 aromatic heterocycles. The number of fused-ring (bicyclic) bond motifs is 1. The van der Waals surface area contributed by atoms with Crippen molar-refractivity contribution in [2.24, 2.45) is 0 Å². The van der Waals surface area contributed by atoms with Crippen LogP contribution in [0.2, 0.25) is 0 Å². The highest BCUT2D eigenvalue weighted by Gasteiger charge is 2.11. The average molecular weight is 306 g/mol. The van der Waals surface area contributed by atoms with E-state index < -0.39 is 0 Å². The fraction of sp³-hybridized carbons (Fsp3) is 0.154. The minimum atomic E-state index is 0.159. The lowest BCUT2D eigenvalue weighted by Gasteiger charge is -2.00. The maximum atomic E-state index is 12.1. The number of aryl methyl sites for hydroxylation is 1. The highest BCUT2D eigenvalue weighted by Crippen LogP contribution is 2.29. The molecule has 96 valence electrons. The largest absolute Gasteiger partial charge is 0.292 e. The smallest absolute Gasteiger partial charge is 0.183 e. The number of hydrogen-bond donors (Lipinski definition) is 0. The first-order valence-electron chi connectivity index (χ1n) is 5.64. The number of nitrogens with zero attached hydrogens (tertiary/aromatic N) is 2. The van der Waals surface area contributed by atoms with Gasteiger partial charge in [0.25, 0.3) is 0 Å². The lowest BCUT2D eigenvalue weighted by molar-refractivity contribution is 0.102. The molecule has 3 heterocycles. The monoisotopic (exact) mass is 306 g/mol. The molecular weight excluding hydrogens is 296 g/mol. The van der Waals surface area contributed by atoms with E-state index in [1.54, 1.807) is 29.0 Å². The number of hydrogen-bond acceptors (Lipinski definition) is 6. The third-order valence-electron chi connectivity index (χ3n) is 2.57. The Kier molecular flexibility index (Phi) is 3.63. The second kappa shape index (κ2) is 5.40. The van der Waals surface area contributed by atoms with Gasteiger partial charge >= 0.3 is 0 Å². The molecule has 0 N–H and O–H groups in total. The van der Waals surface area contributed by atoms with Gasteiger partial charge in [-0.15, -0.1) is 22.7 Å². The fourth-order valence-corrected chi connectivity index (χ4v) is 4.38. The standard InChI is InChI=1S/C13H10N2OS3/c1-8-2-3-11(19-8)10(16)6-18-13-12-9(4-5-17-12)14-7-15-13/h2-5,7H,6H2,1H3. The Morgan fingerprint density at radius 2 is 2.21 bits per heavy atom. The lowest BCUT2D eigenvalue weighted by Crippen LogP contribution is -1.99. The van der Waals surface area contributed by atoms with Crippen LogP contribution in [0.5, 0.6) is 0 Å². The molecule has 3 rings (SSSR count). The van der Waals surface area contributed by atoms with Crippen molar-refractivity contribution >= 4 is 50.4 Å². The Hall–Kier alpha value is -1.24. The van der Waals surface area contributed by atoms with Crippen molar-refractivity contribution < 1.29 is 4.79 Å². The van der Waals surface area contributed by atoms with Crippen LogP contribution in [-0.4, -0.2) is 21.5 Å². The second-order valence-electron chi connectivity index (χ2n) is 3.94. The van der Waals surface area contributed by atoms with Crippen LogP contribution in [0.1, 0.15) is 14.5 Å². The van der Waals surface area contributed by atoms with Gasteiger partial charge in [0.15, 0.2) is 5.78 Å².